The van der Waals surface area contributed by atoms with Crippen molar-refractivity contribution in [2.24, 2.45) is 42.8 Å². The van der Waals surface area contributed by atoms with Crippen LogP contribution in [0.25, 0.3) is 0 Å². The molecule has 0 spiro atoms. The molecule has 0 fully saturated rings. The van der Waals surface area contributed by atoms with E-state index in [1.807, 2.05) is 18.2 Å². The molecule has 1 aromatic rings. The number of benzene rings is 1. The van der Waals surface area contributed by atoms with Gasteiger partial charge in [-0.1, -0.05) is 18.2 Å². The summed E-state index contributed by atoms with van der Waals surface area (Å²) in [7, 11) is -1.37. The van der Waals surface area contributed by atoms with E-state index < -0.39 is 22.6 Å². The lowest BCUT2D eigenvalue weighted by Crippen LogP contribution is -2.39. The number of rotatable bonds is 7. The molecule has 2 rings (SSSR count). The Hall–Kier alpha value is -0.690. The third-order valence-electron chi connectivity index (χ3n) is 3.79. The number of nitrogens with two attached hydrogens (primary N) is 5. The van der Waals surface area contributed by atoms with Gasteiger partial charge in [0.05, 0.1) is 0 Å². The molecule has 1 atom stereocenters. The maximum Gasteiger partial charge on any atom is 0.347 e. The van der Waals surface area contributed by atoms with E-state index in [9.17, 15) is 0 Å². The monoisotopic (exact) mass is 453 g/mol. The highest BCUT2D eigenvalue weighted by Crippen LogP contribution is 2.79. The van der Waals surface area contributed by atoms with Crippen LogP contribution in [0.4, 0.5) is 0 Å². The lowest BCUT2D eigenvalue weighted by atomic mass is 10.3. The van der Waals surface area contributed by atoms with Gasteiger partial charge in [0, 0.05) is 35.2 Å². The first kappa shape index (κ1) is 23.6. The zero-order chi connectivity index (χ0) is 21.3. The van der Waals surface area contributed by atoms with Crippen LogP contribution >= 0.6 is 22.6 Å². The molecule has 0 amide bonds. The summed E-state index contributed by atoms with van der Waals surface area (Å²) in [5.41, 5.74) is 0. The Morgan fingerprint density at radius 3 is 1.46 bits per heavy atom. The first-order valence-electron chi connectivity index (χ1n) is 8.02. The predicted molar refractivity (Wildman–Crippen MR) is 115 cm³/mol. The van der Waals surface area contributed by atoms with Crippen molar-refractivity contribution in [3.8, 4) is 5.75 Å². The SMILES string of the molecule is CN(N)P1(Oc2ccccc2)=NP(N(C)N)(N(C)N)=NP(N(C)N)(N(C)N)=N1. The summed E-state index contributed by atoms with van der Waals surface area (Å²) in [4.78, 5) is 0. The molecule has 1 aliphatic rings. The summed E-state index contributed by atoms with van der Waals surface area (Å²) < 4.78 is 27.4. The summed E-state index contributed by atoms with van der Waals surface area (Å²) >= 11 is 0. The van der Waals surface area contributed by atoms with E-state index in [0.717, 1.165) is 0 Å². The van der Waals surface area contributed by atoms with Crippen LogP contribution in [0.2, 0.25) is 0 Å². The summed E-state index contributed by atoms with van der Waals surface area (Å²) in [6.45, 7) is 0. The highest BCUT2D eigenvalue weighted by molar-refractivity contribution is 7.82. The van der Waals surface area contributed by atoms with Gasteiger partial charge in [-0.05, 0) is 12.1 Å². The van der Waals surface area contributed by atoms with E-state index in [4.69, 9.17) is 47.3 Å². The van der Waals surface area contributed by atoms with Gasteiger partial charge < -0.3 is 4.52 Å². The summed E-state index contributed by atoms with van der Waals surface area (Å²) in [6.07, 6.45) is 0. The van der Waals surface area contributed by atoms with E-state index in [1.54, 1.807) is 47.4 Å². The molecule has 14 nitrogen and oxygen atoms in total. The fourth-order valence-electron chi connectivity index (χ4n) is 2.33. The third kappa shape index (κ3) is 4.11. The minimum Gasteiger partial charge on any atom is -0.430 e. The predicted octanol–water partition coefficient (Wildman–Crippen LogP) is 0.945. The molecule has 17 heteroatoms. The van der Waals surface area contributed by atoms with Crippen LogP contribution in [0.15, 0.2) is 43.9 Å². The highest BCUT2D eigenvalue weighted by Gasteiger charge is 2.46. The summed E-state index contributed by atoms with van der Waals surface area (Å²) in [5, 5.41) is 0. The molecule has 0 saturated heterocycles. The second-order valence-electron chi connectivity index (χ2n) is 6.13. The Morgan fingerprint density at radius 2 is 1.07 bits per heavy atom. The van der Waals surface area contributed by atoms with Crippen molar-refractivity contribution in [1.82, 2.24) is 23.9 Å². The standard InChI is InChI=1S/C11H30N13OP3/c1-20(12)26(21(2)13)17-27(22(3)14,23(4)15)19-28(18-26,24(5)16)25-11-9-7-6-8-10-11/h6-10H,12-16H2,1-5H3. The van der Waals surface area contributed by atoms with Gasteiger partial charge in [0.2, 0.25) is 15.0 Å². The third-order valence-corrected chi connectivity index (χ3v) is 14.2. The Labute approximate surface area is 165 Å². The van der Waals surface area contributed by atoms with Crippen LogP contribution in [0.5, 0.6) is 5.75 Å². The van der Waals surface area contributed by atoms with Gasteiger partial charge in [-0.3, -0.25) is 29.2 Å². The smallest absolute Gasteiger partial charge is 0.347 e. The van der Waals surface area contributed by atoms with Crippen LogP contribution < -0.4 is 33.7 Å². The number of nitrogens with zero attached hydrogens (tertiary/aromatic N) is 8. The van der Waals surface area contributed by atoms with E-state index >= 15 is 0 Å². The Bertz CT molecular complexity index is 807. The maximum absolute atomic E-state index is 6.26. The second kappa shape index (κ2) is 8.58. The number of hydrogen-bond donors (Lipinski definition) is 5. The van der Waals surface area contributed by atoms with E-state index in [0.29, 0.717) is 5.75 Å². The average Bonchev–Trinajstić information content (AvgIpc) is 2.61. The zero-order valence-electron chi connectivity index (χ0n) is 16.6. The van der Waals surface area contributed by atoms with Crippen molar-refractivity contribution in [1.29, 1.82) is 0 Å². The van der Waals surface area contributed by atoms with Gasteiger partial charge in [0.1, 0.15) is 5.75 Å². The lowest BCUT2D eigenvalue weighted by Gasteiger charge is -2.43. The molecule has 0 bridgehead atoms. The molecule has 10 N–H and O–H groups in total. The Morgan fingerprint density at radius 1 is 0.643 bits per heavy atom. The minimum absolute atomic E-state index is 0.525. The molecule has 0 aromatic heterocycles. The highest BCUT2D eigenvalue weighted by atomic mass is 31.3. The fraction of sp³-hybridized carbons (Fsp3) is 0.455. The van der Waals surface area contributed by atoms with Crippen LogP contribution in [0.3, 0.4) is 0 Å². The van der Waals surface area contributed by atoms with Crippen molar-refractivity contribution < 1.29 is 4.52 Å². The molecule has 0 saturated carbocycles. The molecule has 0 radical (unpaired) electrons. The average molecular weight is 453 g/mol. The first-order valence-corrected chi connectivity index (χ1v) is 12.8. The minimum atomic E-state index is -3.26. The van der Waals surface area contributed by atoms with Crippen molar-refractivity contribution in [3.05, 3.63) is 30.3 Å². The van der Waals surface area contributed by atoms with Crippen molar-refractivity contribution in [3.63, 3.8) is 0 Å². The van der Waals surface area contributed by atoms with Gasteiger partial charge in [-0.25, -0.2) is 0 Å². The van der Waals surface area contributed by atoms with Crippen molar-refractivity contribution >= 4 is 22.6 Å². The van der Waals surface area contributed by atoms with E-state index in [1.165, 1.54) is 23.9 Å². The zero-order valence-corrected chi connectivity index (χ0v) is 19.3. The van der Waals surface area contributed by atoms with Crippen molar-refractivity contribution in [2.45, 2.75) is 0 Å². The fourth-order valence-corrected chi connectivity index (χ4v) is 14.3. The van der Waals surface area contributed by atoms with Gasteiger partial charge in [-0.15, -0.1) is 0 Å². The Kier molecular flexibility index (Phi) is 7.23. The maximum atomic E-state index is 6.26. The van der Waals surface area contributed by atoms with Gasteiger partial charge in [0.15, 0.2) is 0 Å². The van der Waals surface area contributed by atoms with Gasteiger partial charge >= 0.3 is 7.58 Å². The molecular weight excluding hydrogens is 423 g/mol. The summed E-state index contributed by atoms with van der Waals surface area (Å²) in [5.74, 6) is 31.4. The van der Waals surface area contributed by atoms with Crippen molar-refractivity contribution in [2.75, 3.05) is 35.2 Å². The number of para-hydroxylation sites is 1. The topological polar surface area (TPSA) is 193 Å². The largest absolute Gasteiger partial charge is 0.430 e. The molecule has 160 valence electrons. The number of hydrazine groups is 5. The first-order chi connectivity index (χ1) is 12.9. The normalized spacial score (nSPS) is 23.7. The molecule has 28 heavy (non-hydrogen) atoms. The molecule has 0 aliphatic carbocycles. The lowest BCUT2D eigenvalue weighted by molar-refractivity contribution is 0.451. The van der Waals surface area contributed by atoms with E-state index in [-0.39, 0.29) is 0 Å². The second-order valence-corrected chi connectivity index (χ2v) is 14.8. The molecule has 1 heterocycles. The molecule has 1 aliphatic heterocycles. The van der Waals surface area contributed by atoms with Gasteiger partial charge in [0.25, 0.3) is 0 Å². The van der Waals surface area contributed by atoms with Crippen LogP contribution in [0, 0.1) is 0 Å². The summed E-state index contributed by atoms with van der Waals surface area (Å²) in [6, 6.07) is 9.08. The van der Waals surface area contributed by atoms with E-state index in [2.05, 4.69) is 0 Å². The molecular formula is C11H30N13OP3. The van der Waals surface area contributed by atoms with Gasteiger partial charge in [-0.2, -0.15) is 37.4 Å². The van der Waals surface area contributed by atoms with Crippen LogP contribution in [0.1, 0.15) is 0 Å². The molecule has 1 aromatic carbocycles. The number of hydrogen-bond acceptors (Lipinski definition) is 14. The Balaban J connectivity index is 2.98. The van der Waals surface area contributed by atoms with Crippen LogP contribution in [-0.2, 0) is 0 Å². The quantitative estimate of drug-likeness (QED) is 0.224. The van der Waals surface area contributed by atoms with Crippen LogP contribution in [-0.4, -0.2) is 59.1 Å². The molecule has 1 unspecified atom stereocenters.